The smallest absolute Gasteiger partial charge is 0.475 e. The number of aromatic nitrogens is 3. The number of aliphatic carboxylic acids is 1. The first-order valence-electron chi connectivity index (χ1n) is 10.3. The quantitative estimate of drug-likeness (QED) is 0.620. The monoisotopic (exact) mass is 478 g/mol. The van der Waals surface area contributed by atoms with Gasteiger partial charge in [-0.25, -0.2) is 4.79 Å². The van der Waals surface area contributed by atoms with E-state index in [4.69, 9.17) is 9.90 Å². The molecule has 1 N–H and O–H groups in total. The van der Waals surface area contributed by atoms with Crippen LogP contribution in [0.1, 0.15) is 23.5 Å². The summed E-state index contributed by atoms with van der Waals surface area (Å²) in [6, 6.07) is 13.9. The molecule has 3 aromatic rings. The molecule has 1 atom stereocenters. The molecule has 1 aromatic carbocycles. The van der Waals surface area contributed by atoms with E-state index in [1.54, 1.807) is 11.3 Å². The van der Waals surface area contributed by atoms with Crippen molar-refractivity contribution < 1.29 is 23.1 Å². The summed E-state index contributed by atoms with van der Waals surface area (Å²) in [5.41, 5.74) is 1.28. The zero-order valence-corrected chi connectivity index (χ0v) is 18.3. The fourth-order valence-electron chi connectivity index (χ4n) is 4.34. The number of benzene rings is 1. The van der Waals surface area contributed by atoms with Crippen molar-refractivity contribution in [3.63, 3.8) is 0 Å². The van der Waals surface area contributed by atoms with E-state index in [-0.39, 0.29) is 11.0 Å². The van der Waals surface area contributed by atoms with E-state index in [0.29, 0.717) is 5.69 Å². The second kappa shape index (κ2) is 9.06. The average molecular weight is 478 g/mol. The van der Waals surface area contributed by atoms with Gasteiger partial charge in [0.05, 0.1) is 0 Å². The molecular weight excluding hydrogens is 457 g/mol. The lowest BCUT2D eigenvalue weighted by Crippen LogP contribution is -2.33. The normalized spacial score (nSPS) is 19.8. The Hall–Kier alpha value is -3.05. The van der Waals surface area contributed by atoms with Gasteiger partial charge in [0.1, 0.15) is 5.82 Å². The molecule has 7 nitrogen and oxygen atoms in total. The number of carboxylic acid groups (broad SMARTS) is 1. The van der Waals surface area contributed by atoms with Crippen molar-refractivity contribution in [3.05, 3.63) is 68.9 Å². The third-order valence-corrected chi connectivity index (χ3v) is 6.78. The van der Waals surface area contributed by atoms with Gasteiger partial charge in [0.25, 0.3) is 5.56 Å². The van der Waals surface area contributed by atoms with Crippen LogP contribution in [0, 0.1) is 0 Å². The van der Waals surface area contributed by atoms with Crippen molar-refractivity contribution in [1.82, 2.24) is 19.7 Å². The van der Waals surface area contributed by atoms with Gasteiger partial charge in [-0.3, -0.25) is 14.3 Å². The number of alkyl halides is 3. The Labute approximate surface area is 191 Å². The van der Waals surface area contributed by atoms with E-state index in [2.05, 4.69) is 32.6 Å². The van der Waals surface area contributed by atoms with Crippen molar-refractivity contribution in [3.8, 4) is 11.3 Å². The predicted molar refractivity (Wildman–Crippen MR) is 116 cm³/mol. The number of nitrogens with zero attached hydrogens (tertiary/aromatic N) is 4. The molecule has 2 aliphatic rings. The van der Waals surface area contributed by atoms with Crippen LogP contribution >= 0.6 is 11.3 Å². The molecule has 33 heavy (non-hydrogen) atoms. The number of hydrogen-bond acceptors (Lipinski definition) is 6. The van der Waals surface area contributed by atoms with Gasteiger partial charge < -0.3 is 5.11 Å². The van der Waals surface area contributed by atoms with E-state index in [9.17, 15) is 18.0 Å². The van der Waals surface area contributed by atoms with Crippen molar-refractivity contribution in [1.29, 1.82) is 0 Å². The summed E-state index contributed by atoms with van der Waals surface area (Å²) < 4.78 is 33.6. The highest BCUT2D eigenvalue weighted by atomic mass is 32.1. The van der Waals surface area contributed by atoms with Crippen molar-refractivity contribution in [2.24, 2.45) is 0 Å². The molecule has 0 saturated carbocycles. The number of hydrogen-bond donors (Lipinski definition) is 1. The van der Waals surface area contributed by atoms with Crippen LogP contribution in [-0.4, -0.2) is 50.0 Å². The minimum absolute atomic E-state index is 0.00483. The second-order valence-corrected chi connectivity index (χ2v) is 9.10. The molecule has 1 saturated heterocycles. The maximum atomic E-state index is 13.0. The molecule has 2 aliphatic heterocycles. The van der Waals surface area contributed by atoms with Crippen LogP contribution in [0.3, 0.4) is 0 Å². The van der Waals surface area contributed by atoms with Crippen LogP contribution in [0.4, 0.5) is 13.2 Å². The van der Waals surface area contributed by atoms with Crippen LogP contribution in [0.5, 0.6) is 0 Å². The standard InChI is InChI=1S/C20H20N4OS.C2HF3O2/c25-18-17(15-5-2-1-3-6-15)21-22-19-20(9-11-24(18)19)8-10-23(14-20)13-16-7-4-12-26-16;3-2(4,5)1(6)7/h1-7,12H,8-11,13-14H2;(H,6,7). The summed E-state index contributed by atoms with van der Waals surface area (Å²) in [4.78, 5) is 25.8. The van der Waals surface area contributed by atoms with Crippen LogP contribution in [0.15, 0.2) is 52.6 Å². The van der Waals surface area contributed by atoms with Crippen molar-refractivity contribution >= 4 is 17.3 Å². The highest BCUT2D eigenvalue weighted by Gasteiger charge is 2.47. The summed E-state index contributed by atoms with van der Waals surface area (Å²) >= 11 is 1.80. The lowest BCUT2D eigenvalue weighted by Gasteiger charge is -2.22. The molecule has 0 bridgehead atoms. The predicted octanol–water partition coefficient (Wildman–Crippen LogP) is 3.55. The van der Waals surface area contributed by atoms with Gasteiger partial charge >= 0.3 is 12.1 Å². The Morgan fingerprint density at radius 1 is 1.09 bits per heavy atom. The summed E-state index contributed by atoms with van der Waals surface area (Å²) in [6.45, 7) is 3.74. The Bertz CT molecular complexity index is 1180. The SMILES string of the molecule is O=C(O)C(F)(F)F.O=c1c(-c2ccccc2)nnc2n1CCC21CCN(Cc2cccs2)C1. The summed E-state index contributed by atoms with van der Waals surface area (Å²) in [7, 11) is 0. The molecule has 1 unspecified atom stereocenters. The first-order chi connectivity index (χ1) is 15.7. The summed E-state index contributed by atoms with van der Waals surface area (Å²) in [5, 5.41) is 18.1. The average Bonchev–Trinajstić information content (AvgIpc) is 3.52. The number of likely N-dealkylation sites (tertiary alicyclic amines) is 1. The first-order valence-corrected chi connectivity index (χ1v) is 11.2. The van der Waals surface area contributed by atoms with Crippen LogP contribution in [0.25, 0.3) is 11.3 Å². The molecule has 1 spiro atoms. The number of fused-ring (bicyclic) bond motifs is 2. The number of thiophene rings is 1. The molecule has 0 radical (unpaired) electrons. The molecule has 174 valence electrons. The minimum atomic E-state index is -5.08. The Kier molecular flexibility index (Phi) is 6.35. The van der Waals surface area contributed by atoms with Gasteiger partial charge in [0.15, 0.2) is 5.69 Å². The van der Waals surface area contributed by atoms with Gasteiger partial charge in [-0.15, -0.1) is 21.5 Å². The summed E-state index contributed by atoms with van der Waals surface area (Å²) in [5.74, 6) is -1.87. The number of halogens is 3. The largest absolute Gasteiger partial charge is 0.490 e. The van der Waals surface area contributed by atoms with Crippen LogP contribution in [-0.2, 0) is 23.3 Å². The topological polar surface area (TPSA) is 88.3 Å². The molecule has 5 rings (SSSR count). The minimum Gasteiger partial charge on any atom is -0.475 e. The number of carboxylic acids is 1. The van der Waals surface area contributed by atoms with Crippen LogP contribution in [0.2, 0.25) is 0 Å². The van der Waals surface area contributed by atoms with Crippen molar-refractivity contribution in [2.45, 2.75) is 37.5 Å². The fraction of sp³-hybridized carbons (Fsp3) is 0.364. The van der Waals surface area contributed by atoms with E-state index >= 15 is 0 Å². The summed E-state index contributed by atoms with van der Waals surface area (Å²) in [6.07, 6.45) is -3.05. The number of carbonyl (C=O) groups is 1. The van der Waals surface area contributed by atoms with E-state index < -0.39 is 12.1 Å². The van der Waals surface area contributed by atoms with Crippen molar-refractivity contribution in [2.75, 3.05) is 13.1 Å². The van der Waals surface area contributed by atoms with Gasteiger partial charge in [-0.05, 0) is 30.8 Å². The maximum absolute atomic E-state index is 13.0. The second-order valence-electron chi connectivity index (χ2n) is 8.07. The maximum Gasteiger partial charge on any atom is 0.490 e. The molecule has 0 aliphatic carbocycles. The Balaban J connectivity index is 0.000000325. The lowest BCUT2D eigenvalue weighted by atomic mass is 9.85. The molecular formula is C22H21F3N4O3S. The Morgan fingerprint density at radius 2 is 1.79 bits per heavy atom. The number of rotatable bonds is 3. The molecule has 1 fully saturated rings. The van der Waals surface area contributed by atoms with E-state index in [1.807, 2.05) is 34.9 Å². The fourth-order valence-corrected chi connectivity index (χ4v) is 5.08. The molecule has 0 amide bonds. The molecule has 4 heterocycles. The first kappa shape index (κ1) is 23.1. The van der Waals surface area contributed by atoms with Gasteiger partial charge in [0.2, 0.25) is 0 Å². The third-order valence-electron chi connectivity index (χ3n) is 5.92. The highest BCUT2D eigenvalue weighted by Crippen LogP contribution is 2.41. The van der Waals surface area contributed by atoms with Gasteiger partial charge in [-0.2, -0.15) is 13.2 Å². The lowest BCUT2D eigenvalue weighted by molar-refractivity contribution is -0.192. The molecule has 2 aromatic heterocycles. The zero-order valence-electron chi connectivity index (χ0n) is 17.5. The highest BCUT2D eigenvalue weighted by molar-refractivity contribution is 7.09. The van der Waals surface area contributed by atoms with E-state index in [0.717, 1.165) is 50.4 Å². The van der Waals surface area contributed by atoms with Gasteiger partial charge in [-0.1, -0.05) is 36.4 Å². The Morgan fingerprint density at radius 3 is 2.42 bits per heavy atom. The molecule has 11 heteroatoms. The van der Waals surface area contributed by atoms with Crippen LogP contribution < -0.4 is 5.56 Å². The van der Waals surface area contributed by atoms with E-state index in [1.165, 1.54) is 4.88 Å². The zero-order chi connectivity index (χ0) is 23.6. The van der Waals surface area contributed by atoms with Gasteiger partial charge in [0, 0.05) is 35.5 Å². The third kappa shape index (κ3) is 4.83.